The minimum Gasteiger partial charge on any atom is -0.497 e. The quantitative estimate of drug-likeness (QED) is 0.198. The molecule has 1 aromatic rings. The van der Waals surface area contributed by atoms with E-state index in [9.17, 15) is 0 Å². The number of methoxy groups -OCH3 is 1. The fourth-order valence-corrected chi connectivity index (χ4v) is 2.85. The fourth-order valence-electron chi connectivity index (χ4n) is 2.85. The van der Waals surface area contributed by atoms with Gasteiger partial charge >= 0.3 is 0 Å². The number of guanidine groups is 1. The average Bonchev–Trinajstić information content (AvgIpc) is 3.48. The second kappa shape index (κ2) is 14.0. The first-order valence-electron chi connectivity index (χ1n) is 10.0. The normalized spacial score (nSPS) is 15.1. The molecule has 6 nitrogen and oxygen atoms in total. The largest absolute Gasteiger partial charge is 0.497 e. The van der Waals surface area contributed by atoms with Crippen LogP contribution in [0, 0.1) is 5.92 Å². The van der Waals surface area contributed by atoms with Crippen LogP contribution < -0.4 is 15.4 Å². The zero-order valence-electron chi connectivity index (χ0n) is 17.7. The predicted octanol–water partition coefficient (Wildman–Crippen LogP) is 3.29. The average molecular weight is 504 g/mol. The van der Waals surface area contributed by atoms with Crippen LogP contribution in [-0.4, -0.2) is 64.9 Å². The first kappa shape index (κ1) is 25.0. The van der Waals surface area contributed by atoms with Gasteiger partial charge in [-0.2, -0.15) is 0 Å². The summed E-state index contributed by atoms with van der Waals surface area (Å²) >= 11 is 0. The maximum atomic E-state index is 5.69. The van der Waals surface area contributed by atoms with E-state index in [1.807, 2.05) is 12.1 Å². The molecule has 0 aliphatic heterocycles. The van der Waals surface area contributed by atoms with Gasteiger partial charge in [-0.05, 0) is 63.9 Å². The third kappa shape index (κ3) is 9.43. The van der Waals surface area contributed by atoms with E-state index in [1.165, 1.54) is 18.4 Å². The number of hydrogen-bond acceptors (Lipinski definition) is 4. The number of likely N-dealkylation sites (N-methyl/N-ethyl adjacent to an activating group) is 1. The van der Waals surface area contributed by atoms with Gasteiger partial charge in [0.05, 0.1) is 19.7 Å². The van der Waals surface area contributed by atoms with Crippen LogP contribution in [-0.2, 0) is 4.74 Å². The highest BCUT2D eigenvalue weighted by Gasteiger charge is 2.20. The molecule has 2 N–H and O–H groups in total. The molecule has 0 spiro atoms. The Morgan fingerprint density at radius 3 is 2.71 bits per heavy atom. The number of hydrogen-bond donors (Lipinski definition) is 2. The number of halogens is 1. The minimum atomic E-state index is 0. The molecule has 0 radical (unpaired) electrons. The van der Waals surface area contributed by atoms with Crippen molar-refractivity contribution in [2.45, 2.75) is 32.2 Å². The Balaban J connectivity index is 0.00000392. The monoisotopic (exact) mass is 504 g/mol. The summed E-state index contributed by atoms with van der Waals surface area (Å²) in [6.45, 7) is 6.21. The Morgan fingerprint density at radius 2 is 2.07 bits per heavy atom. The molecule has 0 amide bonds. The molecule has 1 unspecified atom stereocenters. The van der Waals surface area contributed by atoms with E-state index in [1.54, 1.807) is 7.11 Å². The second-order valence-corrected chi connectivity index (χ2v) is 7.27. The molecule has 2 rings (SSSR count). The van der Waals surface area contributed by atoms with E-state index in [4.69, 9.17) is 14.5 Å². The molecule has 1 aliphatic rings. The number of ether oxygens (including phenoxy) is 2. The molecule has 1 aromatic carbocycles. The van der Waals surface area contributed by atoms with Crippen molar-refractivity contribution in [1.29, 1.82) is 0 Å². The topological polar surface area (TPSA) is 58.1 Å². The predicted molar refractivity (Wildman–Crippen MR) is 127 cm³/mol. The summed E-state index contributed by atoms with van der Waals surface area (Å²) in [5.74, 6) is 2.56. The molecule has 1 aliphatic carbocycles. The van der Waals surface area contributed by atoms with Crippen molar-refractivity contribution < 1.29 is 9.47 Å². The summed E-state index contributed by atoms with van der Waals surface area (Å²) in [6, 6.07) is 8.39. The molecule has 0 aromatic heterocycles. The Bertz CT molecular complexity index is 579. The number of aliphatic imine (C=N–C) groups is 1. The Hall–Kier alpha value is -1.06. The van der Waals surface area contributed by atoms with Crippen LogP contribution in [0.2, 0.25) is 0 Å². The van der Waals surface area contributed by atoms with Crippen LogP contribution in [0.4, 0.5) is 0 Å². The van der Waals surface area contributed by atoms with E-state index in [0.717, 1.165) is 50.4 Å². The lowest BCUT2D eigenvalue weighted by Gasteiger charge is -2.24. The molecule has 7 heteroatoms. The molecule has 0 saturated heterocycles. The van der Waals surface area contributed by atoms with E-state index in [0.29, 0.717) is 6.54 Å². The summed E-state index contributed by atoms with van der Waals surface area (Å²) in [4.78, 5) is 6.98. The lowest BCUT2D eigenvalue weighted by atomic mass is 10.1. The molecule has 1 saturated carbocycles. The zero-order valence-corrected chi connectivity index (χ0v) is 20.1. The third-order valence-electron chi connectivity index (χ3n) is 4.68. The van der Waals surface area contributed by atoms with Crippen molar-refractivity contribution in [3.05, 3.63) is 29.8 Å². The molecule has 28 heavy (non-hydrogen) atoms. The first-order valence-corrected chi connectivity index (χ1v) is 10.0. The van der Waals surface area contributed by atoms with Gasteiger partial charge < -0.3 is 25.0 Å². The van der Waals surface area contributed by atoms with Gasteiger partial charge in [0.15, 0.2) is 5.96 Å². The second-order valence-electron chi connectivity index (χ2n) is 7.27. The summed E-state index contributed by atoms with van der Waals surface area (Å²) in [5.41, 5.74) is 1.20. The van der Waals surface area contributed by atoms with E-state index < -0.39 is 0 Å². The van der Waals surface area contributed by atoms with Crippen molar-refractivity contribution in [2.24, 2.45) is 10.9 Å². The van der Waals surface area contributed by atoms with E-state index >= 15 is 0 Å². The molecule has 160 valence electrons. The number of benzene rings is 1. The van der Waals surface area contributed by atoms with Gasteiger partial charge in [-0.25, -0.2) is 0 Å². The van der Waals surface area contributed by atoms with Crippen molar-refractivity contribution in [3.63, 3.8) is 0 Å². The van der Waals surface area contributed by atoms with Gasteiger partial charge in [-0.1, -0.05) is 12.1 Å². The molecule has 0 bridgehead atoms. The fraction of sp³-hybridized carbons (Fsp3) is 0.667. The van der Waals surface area contributed by atoms with Crippen LogP contribution >= 0.6 is 24.0 Å². The molecule has 1 fully saturated rings. The van der Waals surface area contributed by atoms with E-state index in [2.05, 4.69) is 48.7 Å². The summed E-state index contributed by atoms with van der Waals surface area (Å²) in [5, 5.41) is 6.73. The van der Waals surface area contributed by atoms with Crippen molar-refractivity contribution in [1.82, 2.24) is 15.5 Å². The summed E-state index contributed by atoms with van der Waals surface area (Å²) < 4.78 is 11.1. The highest BCUT2D eigenvalue weighted by Crippen LogP contribution is 2.28. The molecule has 0 heterocycles. The van der Waals surface area contributed by atoms with Gasteiger partial charge in [0, 0.05) is 26.3 Å². The number of nitrogens with zero attached hydrogens (tertiary/aromatic N) is 2. The van der Waals surface area contributed by atoms with Crippen LogP contribution in [0.1, 0.15) is 37.8 Å². The molecular formula is C21H37IN4O2. The standard InChI is InChI=1S/C21H36N4O2.HI/c1-5-22-21(23-12-7-13-27-16-17-10-11-17)24-15-20(25(2)3)18-8-6-9-19(14-18)26-4;/h6,8-9,14,17,20H,5,7,10-13,15-16H2,1-4H3,(H2,22,23,24);1H. The van der Waals surface area contributed by atoms with Crippen molar-refractivity contribution in [2.75, 3.05) is 54.1 Å². The van der Waals surface area contributed by atoms with Gasteiger partial charge in [0.25, 0.3) is 0 Å². The SMILES string of the molecule is CCNC(=NCC(c1cccc(OC)c1)N(C)C)NCCCOCC1CC1.I. The zero-order chi connectivity index (χ0) is 19.5. The van der Waals surface area contributed by atoms with Gasteiger partial charge in [-0.15, -0.1) is 24.0 Å². The lowest BCUT2D eigenvalue weighted by molar-refractivity contribution is 0.123. The third-order valence-corrected chi connectivity index (χ3v) is 4.68. The number of rotatable bonds is 12. The van der Waals surface area contributed by atoms with Gasteiger partial charge in [0.2, 0.25) is 0 Å². The number of nitrogens with one attached hydrogen (secondary N) is 2. The maximum Gasteiger partial charge on any atom is 0.191 e. The van der Waals surface area contributed by atoms with Gasteiger partial charge in [-0.3, -0.25) is 4.99 Å². The summed E-state index contributed by atoms with van der Waals surface area (Å²) in [6.07, 6.45) is 3.68. The Kier molecular flexibility index (Phi) is 12.5. The lowest BCUT2D eigenvalue weighted by Crippen LogP contribution is -2.38. The van der Waals surface area contributed by atoms with Crippen LogP contribution in [0.3, 0.4) is 0 Å². The highest BCUT2D eigenvalue weighted by molar-refractivity contribution is 14.0. The van der Waals surface area contributed by atoms with Gasteiger partial charge in [0.1, 0.15) is 5.75 Å². The van der Waals surface area contributed by atoms with Crippen molar-refractivity contribution >= 4 is 29.9 Å². The van der Waals surface area contributed by atoms with Crippen LogP contribution in [0.25, 0.3) is 0 Å². The Labute approximate surface area is 187 Å². The van der Waals surface area contributed by atoms with Crippen molar-refractivity contribution in [3.8, 4) is 5.75 Å². The Morgan fingerprint density at radius 1 is 1.29 bits per heavy atom. The molecular weight excluding hydrogens is 467 g/mol. The van der Waals surface area contributed by atoms with Crippen LogP contribution in [0.15, 0.2) is 29.3 Å². The first-order chi connectivity index (χ1) is 13.1. The van der Waals surface area contributed by atoms with Crippen LogP contribution in [0.5, 0.6) is 5.75 Å². The van der Waals surface area contributed by atoms with E-state index in [-0.39, 0.29) is 30.0 Å². The smallest absolute Gasteiger partial charge is 0.191 e. The maximum absolute atomic E-state index is 5.69. The molecule has 1 atom stereocenters. The minimum absolute atomic E-state index is 0. The summed E-state index contributed by atoms with van der Waals surface area (Å²) in [7, 11) is 5.86. The highest BCUT2D eigenvalue weighted by atomic mass is 127.